The van der Waals surface area contributed by atoms with Crippen molar-refractivity contribution in [2.45, 2.75) is 6.92 Å². The van der Waals surface area contributed by atoms with E-state index in [4.69, 9.17) is 34.8 Å². The van der Waals surface area contributed by atoms with Gasteiger partial charge in [-0.3, -0.25) is 9.59 Å². The summed E-state index contributed by atoms with van der Waals surface area (Å²) in [6.45, 7) is 1.71. The average Bonchev–Trinajstić information content (AvgIpc) is 2.11. The van der Waals surface area contributed by atoms with Crippen molar-refractivity contribution in [1.29, 1.82) is 0 Å². The Labute approximate surface area is 107 Å². The molecular weight excluding hydrogens is 274 g/mol. The highest BCUT2D eigenvalue weighted by Gasteiger charge is 2.08. The third-order valence-electron chi connectivity index (χ3n) is 1.82. The lowest BCUT2D eigenvalue weighted by Gasteiger charge is -2.10. The summed E-state index contributed by atoms with van der Waals surface area (Å²) in [5, 5.41) is 3.60. The molecule has 1 rings (SSSR count). The molecule has 2 N–H and O–H groups in total. The zero-order valence-corrected chi connectivity index (χ0v) is 10.4. The number of benzene rings is 1. The Kier molecular flexibility index (Phi) is 4.41. The monoisotopic (exact) mass is 280 g/mol. The summed E-state index contributed by atoms with van der Waals surface area (Å²) in [7, 11) is 0. The van der Waals surface area contributed by atoms with Crippen LogP contribution in [0.2, 0.25) is 5.02 Å². The summed E-state index contributed by atoms with van der Waals surface area (Å²) < 4.78 is 0. The zero-order chi connectivity index (χ0) is 12.3. The fourth-order valence-corrected chi connectivity index (χ4v) is 1.53. The lowest BCUT2D eigenvalue weighted by atomic mass is 10.2. The molecule has 1 aromatic rings. The summed E-state index contributed by atoms with van der Waals surface area (Å²) in [5.74, 6) is 0. The van der Waals surface area contributed by atoms with Crippen LogP contribution in [0, 0.1) is 6.92 Å². The first-order chi connectivity index (χ1) is 7.40. The Morgan fingerprint density at radius 1 is 1.12 bits per heavy atom. The molecule has 2 amide bonds. The first-order valence-electron chi connectivity index (χ1n) is 4.13. The largest absolute Gasteiger partial charge is 0.318 e. The molecule has 0 aliphatic carbocycles. The molecule has 0 spiro atoms. The van der Waals surface area contributed by atoms with Gasteiger partial charge in [0.15, 0.2) is 0 Å². The third kappa shape index (κ3) is 3.56. The highest BCUT2D eigenvalue weighted by atomic mass is 35.5. The van der Waals surface area contributed by atoms with E-state index in [0.717, 1.165) is 0 Å². The maximum absolute atomic E-state index is 10.7. The normalized spacial score (nSPS) is 9.75. The van der Waals surface area contributed by atoms with E-state index in [1.165, 1.54) is 12.1 Å². The van der Waals surface area contributed by atoms with E-state index in [0.29, 0.717) is 22.0 Å². The smallest absolute Gasteiger partial charge is 0.312 e. The number of nitrogens with one attached hydrogen (secondary N) is 2. The van der Waals surface area contributed by atoms with Crippen LogP contribution in [0.3, 0.4) is 0 Å². The number of hydrogen-bond acceptors (Lipinski definition) is 2. The van der Waals surface area contributed by atoms with Crippen molar-refractivity contribution in [2.24, 2.45) is 0 Å². The Hall–Kier alpha value is -0.970. The molecule has 0 bridgehead atoms. The maximum atomic E-state index is 10.7. The van der Waals surface area contributed by atoms with E-state index in [1.54, 1.807) is 6.92 Å². The minimum Gasteiger partial charge on any atom is -0.312 e. The molecule has 0 radical (unpaired) electrons. The highest BCUT2D eigenvalue weighted by Crippen LogP contribution is 2.28. The number of halogens is 3. The number of amides is 2. The summed E-state index contributed by atoms with van der Waals surface area (Å²) in [6, 6.07) is 3.02. The van der Waals surface area contributed by atoms with Crippen LogP contribution in [0.15, 0.2) is 12.1 Å². The van der Waals surface area contributed by atoms with Crippen LogP contribution < -0.4 is 10.6 Å². The van der Waals surface area contributed by atoms with Crippen molar-refractivity contribution in [3.05, 3.63) is 22.7 Å². The molecule has 0 aromatic heterocycles. The van der Waals surface area contributed by atoms with Crippen LogP contribution >= 0.6 is 34.8 Å². The van der Waals surface area contributed by atoms with E-state index >= 15 is 0 Å². The Balaban J connectivity index is 3.11. The second-order valence-corrected chi connectivity index (χ2v) is 4.02. The van der Waals surface area contributed by atoms with Gasteiger partial charge in [-0.1, -0.05) is 11.6 Å². The van der Waals surface area contributed by atoms with Crippen LogP contribution in [-0.4, -0.2) is 10.7 Å². The van der Waals surface area contributed by atoms with Gasteiger partial charge in [0.05, 0.1) is 0 Å². The summed E-state index contributed by atoms with van der Waals surface area (Å²) >= 11 is 16.2. The molecule has 0 unspecified atom stereocenters. The molecule has 0 saturated heterocycles. The van der Waals surface area contributed by atoms with E-state index in [2.05, 4.69) is 10.6 Å². The molecule has 1 aromatic carbocycles. The molecule has 0 aliphatic heterocycles. The van der Waals surface area contributed by atoms with Crippen LogP contribution in [0.5, 0.6) is 0 Å². The van der Waals surface area contributed by atoms with Gasteiger partial charge in [0, 0.05) is 16.4 Å². The van der Waals surface area contributed by atoms with Crippen molar-refractivity contribution < 1.29 is 9.59 Å². The standard InChI is InChI=1S/C9H7Cl3N2O2/c1-4-6(10)2-5(13-8(11)15)3-7(4)14-9(12)16/h2-3H,1H3,(H,13,15)(H,14,16). The fraction of sp³-hybridized carbons (Fsp3) is 0.111. The minimum atomic E-state index is -0.747. The van der Waals surface area contributed by atoms with E-state index < -0.39 is 10.7 Å². The quantitative estimate of drug-likeness (QED) is 0.631. The van der Waals surface area contributed by atoms with Crippen LogP contribution in [0.25, 0.3) is 0 Å². The molecule has 7 heteroatoms. The Bertz CT molecular complexity index is 449. The van der Waals surface area contributed by atoms with Gasteiger partial charge in [-0.25, -0.2) is 0 Å². The van der Waals surface area contributed by atoms with E-state index in [9.17, 15) is 9.59 Å². The van der Waals surface area contributed by atoms with E-state index in [-0.39, 0.29) is 0 Å². The van der Waals surface area contributed by atoms with Crippen molar-refractivity contribution in [2.75, 3.05) is 10.6 Å². The van der Waals surface area contributed by atoms with Crippen molar-refractivity contribution in [3.63, 3.8) is 0 Å². The van der Waals surface area contributed by atoms with Crippen molar-refractivity contribution in [1.82, 2.24) is 0 Å². The number of anilines is 2. The van der Waals surface area contributed by atoms with Gasteiger partial charge in [0.2, 0.25) is 0 Å². The van der Waals surface area contributed by atoms with Crippen LogP contribution in [-0.2, 0) is 0 Å². The minimum absolute atomic E-state index is 0.371. The van der Waals surface area contributed by atoms with Crippen LogP contribution in [0.4, 0.5) is 21.0 Å². The van der Waals surface area contributed by atoms with Crippen LogP contribution in [0.1, 0.15) is 5.56 Å². The fourth-order valence-electron chi connectivity index (χ4n) is 1.10. The van der Waals surface area contributed by atoms with Crippen molar-refractivity contribution in [3.8, 4) is 0 Å². The molecule has 16 heavy (non-hydrogen) atoms. The average molecular weight is 282 g/mol. The highest BCUT2D eigenvalue weighted by molar-refractivity contribution is 6.66. The van der Waals surface area contributed by atoms with Gasteiger partial charge in [0.25, 0.3) is 0 Å². The number of hydrogen-bond donors (Lipinski definition) is 2. The molecule has 0 atom stereocenters. The SMILES string of the molecule is Cc1c(Cl)cc(NC(=O)Cl)cc1NC(=O)Cl. The first-order valence-corrected chi connectivity index (χ1v) is 5.26. The molecule has 86 valence electrons. The number of rotatable bonds is 2. The molecule has 0 fully saturated rings. The topological polar surface area (TPSA) is 58.2 Å². The summed E-state index contributed by atoms with van der Waals surface area (Å²) in [6.07, 6.45) is 0. The Morgan fingerprint density at radius 3 is 2.19 bits per heavy atom. The zero-order valence-electron chi connectivity index (χ0n) is 8.11. The predicted molar refractivity (Wildman–Crippen MR) is 65.9 cm³/mol. The first kappa shape index (κ1) is 13.1. The second kappa shape index (κ2) is 5.39. The second-order valence-electron chi connectivity index (χ2n) is 2.93. The van der Waals surface area contributed by atoms with Gasteiger partial charge < -0.3 is 10.6 Å². The Morgan fingerprint density at radius 2 is 1.69 bits per heavy atom. The van der Waals surface area contributed by atoms with Crippen molar-refractivity contribution >= 4 is 56.9 Å². The predicted octanol–water partition coefficient (Wildman–Crippen LogP) is 4.19. The van der Waals surface area contributed by atoms with Gasteiger partial charge in [0.1, 0.15) is 0 Å². The number of carbonyl (C=O) groups excluding carboxylic acids is 2. The lowest BCUT2D eigenvalue weighted by Crippen LogP contribution is -2.06. The summed E-state index contributed by atoms with van der Waals surface area (Å²) in [5.41, 5.74) is 1.42. The van der Waals surface area contributed by atoms with Gasteiger partial charge in [-0.15, -0.1) is 0 Å². The third-order valence-corrected chi connectivity index (χ3v) is 2.40. The molecule has 0 saturated carbocycles. The van der Waals surface area contributed by atoms with Gasteiger partial charge in [-0.2, -0.15) is 0 Å². The molecular formula is C9H7Cl3N2O2. The lowest BCUT2D eigenvalue weighted by molar-refractivity contribution is 0.268. The van der Waals surface area contributed by atoms with Gasteiger partial charge >= 0.3 is 10.7 Å². The molecule has 4 nitrogen and oxygen atoms in total. The summed E-state index contributed by atoms with van der Waals surface area (Å²) in [4.78, 5) is 21.3. The molecule has 0 aliphatic rings. The maximum Gasteiger partial charge on any atom is 0.318 e. The molecule has 0 heterocycles. The number of carbonyl (C=O) groups is 2. The van der Waals surface area contributed by atoms with E-state index in [1.807, 2.05) is 0 Å². The van der Waals surface area contributed by atoms with Gasteiger partial charge in [-0.05, 0) is 47.8 Å².